The van der Waals surface area contributed by atoms with Gasteiger partial charge < -0.3 is 4.74 Å². The van der Waals surface area contributed by atoms with E-state index < -0.39 is 0 Å². The van der Waals surface area contributed by atoms with E-state index >= 15 is 0 Å². The molecule has 2 aliphatic carbocycles. The average molecular weight is 337 g/mol. The van der Waals surface area contributed by atoms with E-state index in [1.165, 1.54) is 77.0 Å². The van der Waals surface area contributed by atoms with Crippen molar-refractivity contribution in [3.05, 3.63) is 0 Å². The van der Waals surface area contributed by atoms with Crippen molar-refractivity contribution >= 4 is 0 Å². The Morgan fingerprint density at radius 2 is 1.46 bits per heavy atom. The molecule has 0 saturated heterocycles. The number of hydrogen-bond donors (Lipinski definition) is 0. The summed E-state index contributed by atoms with van der Waals surface area (Å²) in [5, 5.41) is 0. The van der Waals surface area contributed by atoms with Gasteiger partial charge in [0.2, 0.25) is 0 Å². The van der Waals surface area contributed by atoms with Gasteiger partial charge in [-0.3, -0.25) is 0 Å². The lowest BCUT2D eigenvalue weighted by Gasteiger charge is -2.40. The van der Waals surface area contributed by atoms with Crippen molar-refractivity contribution in [2.24, 2.45) is 29.6 Å². The van der Waals surface area contributed by atoms with E-state index in [0.29, 0.717) is 6.10 Å². The fraction of sp³-hybridized carbons (Fsp3) is 1.00. The highest BCUT2D eigenvalue weighted by molar-refractivity contribution is 4.84. The van der Waals surface area contributed by atoms with Crippen molar-refractivity contribution in [1.29, 1.82) is 0 Å². The molecule has 4 unspecified atom stereocenters. The van der Waals surface area contributed by atoms with Crippen LogP contribution in [0.1, 0.15) is 105 Å². The maximum atomic E-state index is 6.23. The van der Waals surface area contributed by atoms with Crippen LogP contribution in [-0.2, 0) is 4.74 Å². The first-order valence-electron chi connectivity index (χ1n) is 11.3. The van der Waals surface area contributed by atoms with E-state index in [-0.39, 0.29) is 0 Å². The molecule has 1 heteroatoms. The molecule has 4 atom stereocenters. The number of unbranched alkanes of at least 4 members (excludes halogenated alkanes) is 2. The molecule has 2 rings (SSSR count). The monoisotopic (exact) mass is 336 g/mol. The van der Waals surface area contributed by atoms with E-state index in [1.54, 1.807) is 0 Å². The van der Waals surface area contributed by atoms with Crippen LogP contribution < -0.4 is 0 Å². The zero-order valence-corrected chi connectivity index (χ0v) is 17.1. The average Bonchev–Trinajstić information content (AvgIpc) is 2.62. The van der Waals surface area contributed by atoms with Gasteiger partial charge in [0.05, 0.1) is 6.10 Å². The minimum absolute atomic E-state index is 0.535. The molecule has 0 aromatic heterocycles. The molecule has 0 radical (unpaired) electrons. The fourth-order valence-electron chi connectivity index (χ4n) is 5.28. The second-order valence-electron chi connectivity index (χ2n) is 9.04. The molecule has 24 heavy (non-hydrogen) atoms. The molecule has 2 saturated carbocycles. The Bertz CT molecular complexity index is 318. The zero-order chi connectivity index (χ0) is 17.4. The van der Waals surface area contributed by atoms with Gasteiger partial charge in [0.1, 0.15) is 0 Å². The van der Waals surface area contributed by atoms with Crippen molar-refractivity contribution in [2.75, 3.05) is 6.61 Å². The largest absolute Gasteiger partial charge is 0.378 e. The van der Waals surface area contributed by atoms with Gasteiger partial charge in [0.15, 0.2) is 0 Å². The summed E-state index contributed by atoms with van der Waals surface area (Å²) < 4.78 is 6.23. The Morgan fingerprint density at radius 3 is 2.12 bits per heavy atom. The Labute approximate surface area is 152 Å². The zero-order valence-electron chi connectivity index (χ0n) is 17.1. The normalized spacial score (nSPS) is 37.5. The fourth-order valence-corrected chi connectivity index (χ4v) is 5.28. The number of hydrogen-bond acceptors (Lipinski definition) is 1. The van der Waals surface area contributed by atoms with Crippen molar-refractivity contribution in [3.8, 4) is 0 Å². The highest BCUT2D eigenvalue weighted by Crippen LogP contribution is 2.41. The topological polar surface area (TPSA) is 9.23 Å². The summed E-state index contributed by atoms with van der Waals surface area (Å²) >= 11 is 0. The summed E-state index contributed by atoms with van der Waals surface area (Å²) in [5.41, 5.74) is 0. The van der Waals surface area contributed by atoms with Crippen molar-refractivity contribution in [1.82, 2.24) is 0 Å². The third-order valence-corrected chi connectivity index (χ3v) is 7.55. The first-order valence-corrected chi connectivity index (χ1v) is 11.3. The molecule has 0 bridgehead atoms. The first-order chi connectivity index (χ1) is 11.7. The van der Waals surface area contributed by atoms with Gasteiger partial charge in [0.25, 0.3) is 0 Å². The van der Waals surface area contributed by atoms with Gasteiger partial charge in [-0.1, -0.05) is 79.1 Å². The lowest BCUT2D eigenvalue weighted by atomic mass is 9.69. The second kappa shape index (κ2) is 10.8. The van der Waals surface area contributed by atoms with Crippen LogP contribution in [0.15, 0.2) is 0 Å². The molecule has 0 aromatic carbocycles. The number of rotatable bonds is 9. The van der Waals surface area contributed by atoms with Crippen molar-refractivity contribution in [3.63, 3.8) is 0 Å². The summed E-state index contributed by atoms with van der Waals surface area (Å²) in [6.07, 6.45) is 17.5. The molecule has 2 aliphatic rings. The maximum absolute atomic E-state index is 6.23. The van der Waals surface area contributed by atoms with Crippen LogP contribution >= 0.6 is 0 Å². The van der Waals surface area contributed by atoms with E-state index in [2.05, 4.69) is 27.7 Å². The standard InChI is InChI=1S/C23H44O/c1-5-7-8-17-24-23-16-15-22(18(3)19(23)4)14-13-21-11-9-20(6-2)10-12-21/h18-23H,5-17H2,1-4H3. The third kappa shape index (κ3) is 6.04. The molecule has 0 N–H and O–H groups in total. The molecule has 142 valence electrons. The SMILES string of the molecule is CCCCCOC1CCC(CCC2CCC(CC)CC2)C(C)C1C. The molecule has 0 heterocycles. The summed E-state index contributed by atoms with van der Waals surface area (Å²) in [5.74, 6) is 4.64. The van der Waals surface area contributed by atoms with Gasteiger partial charge in [0, 0.05) is 6.61 Å². The van der Waals surface area contributed by atoms with Gasteiger partial charge >= 0.3 is 0 Å². The van der Waals surface area contributed by atoms with Gasteiger partial charge in [-0.05, 0) is 55.3 Å². The lowest BCUT2D eigenvalue weighted by molar-refractivity contribution is -0.0442. The van der Waals surface area contributed by atoms with Crippen molar-refractivity contribution < 1.29 is 4.74 Å². The molecule has 0 aliphatic heterocycles. The molecule has 0 spiro atoms. The summed E-state index contributed by atoms with van der Waals surface area (Å²) in [6, 6.07) is 0. The smallest absolute Gasteiger partial charge is 0.0603 e. The Balaban J connectivity index is 1.66. The van der Waals surface area contributed by atoms with Gasteiger partial charge in [-0.25, -0.2) is 0 Å². The lowest BCUT2D eigenvalue weighted by Crippen LogP contribution is -2.37. The van der Waals surface area contributed by atoms with Crippen LogP contribution in [-0.4, -0.2) is 12.7 Å². The summed E-state index contributed by atoms with van der Waals surface area (Å²) in [7, 11) is 0. The molecule has 1 nitrogen and oxygen atoms in total. The van der Waals surface area contributed by atoms with E-state index in [1.807, 2.05) is 0 Å². The molecule has 2 fully saturated rings. The van der Waals surface area contributed by atoms with Gasteiger partial charge in [-0.15, -0.1) is 0 Å². The van der Waals surface area contributed by atoms with Crippen LogP contribution in [0.3, 0.4) is 0 Å². The quantitative estimate of drug-likeness (QED) is 0.403. The first kappa shape index (κ1) is 20.3. The summed E-state index contributed by atoms with van der Waals surface area (Å²) in [6.45, 7) is 10.6. The van der Waals surface area contributed by atoms with Crippen LogP contribution in [0.5, 0.6) is 0 Å². The highest BCUT2D eigenvalue weighted by Gasteiger charge is 2.34. The maximum Gasteiger partial charge on any atom is 0.0603 e. The van der Waals surface area contributed by atoms with Crippen LogP contribution in [0.25, 0.3) is 0 Å². The van der Waals surface area contributed by atoms with Crippen LogP contribution in [0.4, 0.5) is 0 Å². The predicted molar refractivity (Wildman–Crippen MR) is 105 cm³/mol. The van der Waals surface area contributed by atoms with E-state index in [4.69, 9.17) is 4.74 Å². The Morgan fingerprint density at radius 1 is 0.750 bits per heavy atom. The van der Waals surface area contributed by atoms with Crippen molar-refractivity contribution in [2.45, 2.75) is 111 Å². The van der Waals surface area contributed by atoms with Gasteiger partial charge in [-0.2, -0.15) is 0 Å². The molecule has 0 amide bonds. The highest BCUT2D eigenvalue weighted by atomic mass is 16.5. The Kier molecular flexibility index (Phi) is 9.16. The predicted octanol–water partition coefficient (Wildman–Crippen LogP) is 7.24. The molecular formula is C23H44O. The molecular weight excluding hydrogens is 292 g/mol. The summed E-state index contributed by atoms with van der Waals surface area (Å²) in [4.78, 5) is 0. The van der Waals surface area contributed by atoms with E-state index in [9.17, 15) is 0 Å². The Hall–Kier alpha value is -0.0400. The van der Waals surface area contributed by atoms with Crippen LogP contribution in [0.2, 0.25) is 0 Å². The van der Waals surface area contributed by atoms with Crippen LogP contribution in [0, 0.1) is 29.6 Å². The second-order valence-corrected chi connectivity index (χ2v) is 9.04. The third-order valence-electron chi connectivity index (χ3n) is 7.55. The minimum atomic E-state index is 0.535. The number of ether oxygens (including phenoxy) is 1. The van der Waals surface area contributed by atoms with E-state index in [0.717, 1.165) is 36.2 Å². The minimum Gasteiger partial charge on any atom is -0.378 e. The molecule has 0 aromatic rings.